The van der Waals surface area contributed by atoms with Crippen molar-refractivity contribution in [2.75, 3.05) is 5.75 Å². The highest BCUT2D eigenvalue weighted by Crippen LogP contribution is 2.18. The summed E-state index contributed by atoms with van der Waals surface area (Å²) in [6.07, 6.45) is 1.74. The minimum atomic E-state index is -0.108. The van der Waals surface area contributed by atoms with Crippen LogP contribution in [0.4, 0.5) is 0 Å². The lowest BCUT2D eigenvalue weighted by Gasteiger charge is -2.13. The van der Waals surface area contributed by atoms with Crippen molar-refractivity contribution >= 4 is 18.3 Å². The van der Waals surface area contributed by atoms with E-state index in [9.17, 15) is 4.79 Å². The minimum absolute atomic E-state index is 0.108. The first kappa shape index (κ1) is 13.0. The standard InChI is InChI=1S/C15H15N3OS/c19-15-17-9-5-4-8-14(17)16-18(15)10-13(11-20)12-6-2-1-3-7-12/h1-9,13,20H,10-11H2. The summed E-state index contributed by atoms with van der Waals surface area (Å²) in [5.74, 6) is 0.840. The molecule has 0 amide bonds. The zero-order valence-electron chi connectivity index (χ0n) is 10.9. The molecular weight excluding hydrogens is 270 g/mol. The maximum atomic E-state index is 12.2. The molecule has 0 N–H and O–H groups in total. The first-order valence-corrected chi connectivity index (χ1v) is 7.13. The van der Waals surface area contributed by atoms with E-state index in [-0.39, 0.29) is 11.6 Å². The molecular formula is C15H15N3OS. The second kappa shape index (κ2) is 5.54. The van der Waals surface area contributed by atoms with Crippen molar-refractivity contribution < 1.29 is 0 Å². The first-order chi connectivity index (χ1) is 9.79. The number of hydrogen-bond donors (Lipinski definition) is 1. The fourth-order valence-corrected chi connectivity index (χ4v) is 2.62. The lowest BCUT2D eigenvalue weighted by molar-refractivity contribution is 0.532. The van der Waals surface area contributed by atoms with Gasteiger partial charge in [-0.2, -0.15) is 12.6 Å². The van der Waals surface area contributed by atoms with Crippen molar-refractivity contribution in [3.05, 3.63) is 70.8 Å². The third-order valence-electron chi connectivity index (χ3n) is 3.37. The molecule has 1 aromatic carbocycles. The van der Waals surface area contributed by atoms with Crippen LogP contribution in [-0.4, -0.2) is 19.9 Å². The number of pyridine rings is 1. The van der Waals surface area contributed by atoms with Gasteiger partial charge in [-0.25, -0.2) is 9.48 Å². The van der Waals surface area contributed by atoms with E-state index in [1.54, 1.807) is 10.6 Å². The van der Waals surface area contributed by atoms with Gasteiger partial charge in [-0.15, -0.1) is 5.10 Å². The van der Waals surface area contributed by atoms with E-state index in [0.717, 1.165) is 0 Å². The third kappa shape index (κ3) is 2.36. The fourth-order valence-electron chi connectivity index (χ4n) is 2.29. The van der Waals surface area contributed by atoms with Gasteiger partial charge in [-0.1, -0.05) is 36.4 Å². The topological polar surface area (TPSA) is 39.3 Å². The fraction of sp³-hybridized carbons (Fsp3) is 0.200. The van der Waals surface area contributed by atoms with Crippen LogP contribution in [0.3, 0.4) is 0 Å². The Hall–Kier alpha value is -2.01. The van der Waals surface area contributed by atoms with Crippen LogP contribution in [0.2, 0.25) is 0 Å². The van der Waals surface area contributed by atoms with Crippen LogP contribution >= 0.6 is 12.6 Å². The van der Waals surface area contributed by atoms with Crippen molar-refractivity contribution in [3.63, 3.8) is 0 Å². The molecule has 1 unspecified atom stereocenters. The predicted octanol–water partition coefficient (Wildman–Crippen LogP) is 2.21. The molecule has 0 aliphatic heterocycles. The Morgan fingerprint density at radius 2 is 1.85 bits per heavy atom. The lowest BCUT2D eigenvalue weighted by atomic mass is 10.0. The summed E-state index contributed by atoms with van der Waals surface area (Å²) in [5, 5.41) is 4.36. The van der Waals surface area contributed by atoms with Gasteiger partial charge in [0.25, 0.3) is 0 Å². The van der Waals surface area contributed by atoms with E-state index in [1.807, 2.05) is 36.4 Å². The molecule has 3 rings (SSSR count). The van der Waals surface area contributed by atoms with Crippen LogP contribution in [0.5, 0.6) is 0 Å². The Kier molecular flexibility index (Phi) is 3.60. The third-order valence-corrected chi connectivity index (χ3v) is 3.81. The highest BCUT2D eigenvalue weighted by molar-refractivity contribution is 7.80. The molecule has 5 heteroatoms. The van der Waals surface area contributed by atoms with Gasteiger partial charge >= 0.3 is 5.69 Å². The largest absolute Gasteiger partial charge is 0.350 e. The van der Waals surface area contributed by atoms with E-state index in [4.69, 9.17) is 0 Å². The molecule has 0 saturated heterocycles. The molecule has 0 bridgehead atoms. The summed E-state index contributed by atoms with van der Waals surface area (Å²) >= 11 is 4.40. The number of fused-ring (bicyclic) bond motifs is 1. The predicted molar refractivity (Wildman–Crippen MR) is 82.5 cm³/mol. The average molecular weight is 285 g/mol. The molecule has 2 heterocycles. The summed E-state index contributed by atoms with van der Waals surface area (Å²) < 4.78 is 3.07. The van der Waals surface area contributed by atoms with Gasteiger partial charge in [-0.05, 0) is 23.4 Å². The van der Waals surface area contributed by atoms with E-state index in [0.29, 0.717) is 17.9 Å². The summed E-state index contributed by atoms with van der Waals surface area (Å²) in [6.45, 7) is 0.536. The molecule has 102 valence electrons. The zero-order chi connectivity index (χ0) is 13.9. The van der Waals surface area contributed by atoms with Gasteiger partial charge in [0.2, 0.25) is 0 Å². The number of nitrogens with zero attached hydrogens (tertiary/aromatic N) is 3. The Bertz CT molecular complexity index is 763. The molecule has 20 heavy (non-hydrogen) atoms. The molecule has 0 fully saturated rings. The van der Waals surface area contributed by atoms with Gasteiger partial charge in [0.15, 0.2) is 5.65 Å². The number of rotatable bonds is 4. The molecule has 4 nitrogen and oxygen atoms in total. The van der Waals surface area contributed by atoms with E-state index >= 15 is 0 Å². The Morgan fingerprint density at radius 3 is 2.55 bits per heavy atom. The second-order valence-corrected chi connectivity index (χ2v) is 5.05. The van der Waals surface area contributed by atoms with Crippen molar-refractivity contribution in [1.82, 2.24) is 14.2 Å². The first-order valence-electron chi connectivity index (χ1n) is 6.49. The Morgan fingerprint density at radius 1 is 1.10 bits per heavy atom. The van der Waals surface area contributed by atoms with Gasteiger partial charge in [0, 0.05) is 12.1 Å². The van der Waals surface area contributed by atoms with Crippen LogP contribution in [0.25, 0.3) is 5.65 Å². The average Bonchev–Trinajstić information content (AvgIpc) is 2.82. The maximum absolute atomic E-state index is 12.2. The van der Waals surface area contributed by atoms with Crippen molar-refractivity contribution in [2.24, 2.45) is 0 Å². The molecule has 0 spiro atoms. The zero-order valence-corrected chi connectivity index (χ0v) is 11.8. The monoisotopic (exact) mass is 285 g/mol. The van der Waals surface area contributed by atoms with Crippen molar-refractivity contribution in [3.8, 4) is 0 Å². The summed E-state index contributed by atoms with van der Waals surface area (Å²) in [5.41, 5.74) is 1.73. The molecule has 0 aliphatic carbocycles. The van der Waals surface area contributed by atoms with Crippen molar-refractivity contribution in [1.29, 1.82) is 0 Å². The van der Waals surface area contributed by atoms with Crippen LogP contribution in [0, 0.1) is 0 Å². The van der Waals surface area contributed by atoms with Gasteiger partial charge < -0.3 is 0 Å². The maximum Gasteiger partial charge on any atom is 0.350 e. The second-order valence-electron chi connectivity index (χ2n) is 4.68. The number of hydrogen-bond acceptors (Lipinski definition) is 3. The lowest BCUT2D eigenvalue weighted by Crippen LogP contribution is -2.24. The molecule has 1 atom stereocenters. The number of thiol groups is 1. The summed E-state index contributed by atoms with van der Waals surface area (Å²) in [6, 6.07) is 15.6. The van der Waals surface area contributed by atoms with Crippen LogP contribution < -0.4 is 5.69 Å². The molecule has 3 aromatic rings. The normalized spacial score (nSPS) is 12.7. The number of aromatic nitrogens is 3. The van der Waals surface area contributed by atoms with Gasteiger partial charge in [0.1, 0.15) is 0 Å². The molecule has 2 aromatic heterocycles. The molecule has 0 saturated carbocycles. The Labute approximate surface area is 122 Å². The van der Waals surface area contributed by atoms with Crippen molar-refractivity contribution in [2.45, 2.75) is 12.5 Å². The van der Waals surface area contributed by atoms with Gasteiger partial charge in [0.05, 0.1) is 6.54 Å². The van der Waals surface area contributed by atoms with E-state index in [1.165, 1.54) is 10.2 Å². The Balaban J connectivity index is 1.96. The van der Waals surface area contributed by atoms with E-state index < -0.39 is 0 Å². The molecule has 0 radical (unpaired) electrons. The summed E-state index contributed by atoms with van der Waals surface area (Å²) in [7, 11) is 0. The van der Waals surface area contributed by atoms with Crippen LogP contribution in [0.1, 0.15) is 11.5 Å². The quantitative estimate of drug-likeness (QED) is 0.747. The minimum Gasteiger partial charge on any atom is -0.250 e. The number of benzene rings is 1. The smallest absolute Gasteiger partial charge is 0.250 e. The van der Waals surface area contributed by atoms with Crippen LogP contribution in [-0.2, 0) is 6.54 Å². The van der Waals surface area contributed by atoms with Crippen LogP contribution in [0.15, 0.2) is 59.5 Å². The SMILES string of the molecule is O=c1n(CC(CS)c2ccccc2)nc2ccccn12. The van der Waals surface area contributed by atoms with E-state index in [2.05, 4.69) is 29.9 Å². The highest BCUT2D eigenvalue weighted by atomic mass is 32.1. The molecule has 0 aliphatic rings. The van der Waals surface area contributed by atoms with Gasteiger partial charge in [-0.3, -0.25) is 4.40 Å². The highest BCUT2D eigenvalue weighted by Gasteiger charge is 2.14. The summed E-state index contributed by atoms with van der Waals surface area (Å²) in [4.78, 5) is 12.2.